The van der Waals surface area contributed by atoms with Crippen molar-refractivity contribution in [3.63, 3.8) is 0 Å². The van der Waals surface area contributed by atoms with E-state index in [2.05, 4.69) is 12.2 Å². The third-order valence-corrected chi connectivity index (χ3v) is 6.03. The number of amides is 2. The van der Waals surface area contributed by atoms with Gasteiger partial charge in [0, 0.05) is 5.56 Å². The van der Waals surface area contributed by atoms with Crippen LogP contribution in [0.1, 0.15) is 16.8 Å². The maximum absolute atomic E-state index is 13.0. The standard InChI is InChI=1S/C23H19NO4/c25-18(14-6-2-1-3-7-14)13-28-19-9-5-4-8-17(19)24-22(26)20-15-10-11-16(12-15)21(20)23(24)27/h1-11,15-16,20-21H,12-13H2/t15-,16-,20+,21+/m1/s1. The number of hydrogen-bond acceptors (Lipinski definition) is 4. The SMILES string of the molecule is O=C(COc1ccccc1N1C(=O)[C@@H]2[C@@H](C1=O)[C@@H]1C=C[C@@H]2C1)c1ccccc1. The zero-order chi connectivity index (χ0) is 19.3. The molecule has 2 bridgehead atoms. The number of benzene rings is 2. The molecule has 0 aromatic heterocycles. The van der Waals surface area contributed by atoms with Crippen molar-refractivity contribution in [1.82, 2.24) is 0 Å². The first-order valence-corrected chi connectivity index (χ1v) is 9.51. The second-order valence-corrected chi connectivity index (χ2v) is 7.56. The summed E-state index contributed by atoms with van der Waals surface area (Å²) in [6, 6.07) is 15.8. The number of Topliss-reactive ketones (excluding diaryl/α,β-unsaturated/α-hetero) is 1. The fourth-order valence-electron chi connectivity index (χ4n) is 4.75. The van der Waals surface area contributed by atoms with Crippen molar-refractivity contribution >= 4 is 23.3 Å². The summed E-state index contributed by atoms with van der Waals surface area (Å²) in [6.45, 7) is -0.156. The van der Waals surface area contributed by atoms with Crippen LogP contribution >= 0.6 is 0 Å². The highest BCUT2D eigenvalue weighted by Gasteiger charge is 2.59. The second kappa shape index (κ2) is 6.44. The summed E-state index contributed by atoms with van der Waals surface area (Å²) in [4.78, 5) is 39.7. The first-order chi connectivity index (χ1) is 13.6. The van der Waals surface area contributed by atoms with Crippen LogP contribution in [0.5, 0.6) is 5.75 Å². The number of hydrogen-bond donors (Lipinski definition) is 0. The van der Waals surface area contributed by atoms with Crippen LogP contribution < -0.4 is 9.64 Å². The molecule has 2 aromatic carbocycles. The molecule has 140 valence electrons. The lowest BCUT2D eigenvalue weighted by atomic mass is 9.85. The Morgan fingerprint density at radius 1 is 0.893 bits per heavy atom. The maximum Gasteiger partial charge on any atom is 0.238 e. The molecule has 2 fully saturated rings. The smallest absolute Gasteiger partial charge is 0.238 e. The van der Waals surface area contributed by atoms with Crippen molar-refractivity contribution < 1.29 is 19.1 Å². The van der Waals surface area contributed by atoms with Gasteiger partial charge in [-0.3, -0.25) is 14.4 Å². The molecule has 0 spiro atoms. The number of imide groups is 1. The molecular formula is C23H19NO4. The number of anilines is 1. The molecule has 1 heterocycles. The van der Waals surface area contributed by atoms with Gasteiger partial charge in [-0.25, -0.2) is 4.90 Å². The molecule has 2 amide bonds. The topological polar surface area (TPSA) is 63.7 Å². The molecule has 28 heavy (non-hydrogen) atoms. The first kappa shape index (κ1) is 16.9. The summed E-state index contributed by atoms with van der Waals surface area (Å²) in [5, 5.41) is 0. The van der Waals surface area contributed by atoms with Crippen LogP contribution in [-0.4, -0.2) is 24.2 Å². The Balaban J connectivity index is 1.39. The summed E-state index contributed by atoms with van der Waals surface area (Å²) >= 11 is 0. The fourth-order valence-corrected chi connectivity index (χ4v) is 4.75. The van der Waals surface area contributed by atoms with E-state index in [-0.39, 0.29) is 47.9 Å². The molecule has 0 radical (unpaired) electrons. The fraction of sp³-hybridized carbons (Fsp3) is 0.261. The predicted octanol–water partition coefficient (Wildman–Crippen LogP) is 3.26. The monoisotopic (exact) mass is 373 g/mol. The Morgan fingerprint density at radius 3 is 2.18 bits per heavy atom. The summed E-state index contributed by atoms with van der Waals surface area (Å²) < 4.78 is 5.74. The van der Waals surface area contributed by atoms with Gasteiger partial charge in [0.15, 0.2) is 12.4 Å². The van der Waals surface area contributed by atoms with Crippen LogP contribution in [-0.2, 0) is 9.59 Å². The normalized spacial score (nSPS) is 27.4. The van der Waals surface area contributed by atoms with Crippen LogP contribution in [0.15, 0.2) is 66.7 Å². The molecule has 5 rings (SSSR count). The Hall–Kier alpha value is -3.21. The van der Waals surface area contributed by atoms with Crippen molar-refractivity contribution in [3.05, 3.63) is 72.3 Å². The quantitative estimate of drug-likeness (QED) is 0.458. The number of ketones is 1. The molecule has 1 saturated heterocycles. The summed E-state index contributed by atoms with van der Waals surface area (Å²) in [5.41, 5.74) is 0.984. The Bertz CT molecular complexity index is 967. The minimum absolute atomic E-state index is 0.155. The number of carbonyl (C=O) groups is 3. The summed E-state index contributed by atoms with van der Waals surface area (Å²) in [7, 11) is 0. The predicted molar refractivity (Wildman–Crippen MR) is 103 cm³/mol. The van der Waals surface area contributed by atoms with Gasteiger partial charge in [0.05, 0.1) is 17.5 Å². The van der Waals surface area contributed by atoms with E-state index in [1.165, 1.54) is 4.90 Å². The number of ether oxygens (including phenoxy) is 1. The van der Waals surface area contributed by atoms with Gasteiger partial charge in [0.25, 0.3) is 0 Å². The molecule has 4 atom stereocenters. The zero-order valence-corrected chi connectivity index (χ0v) is 15.2. The number of rotatable bonds is 5. The third-order valence-electron chi connectivity index (χ3n) is 6.03. The molecule has 2 aliphatic carbocycles. The van der Waals surface area contributed by atoms with E-state index in [1.54, 1.807) is 48.5 Å². The van der Waals surface area contributed by atoms with E-state index in [4.69, 9.17) is 4.74 Å². The van der Waals surface area contributed by atoms with Crippen LogP contribution in [0.25, 0.3) is 0 Å². The van der Waals surface area contributed by atoms with E-state index >= 15 is 0 Å². The van der Waals surface area contributed by atoms with Gasteiger partial charge in [-0.1, -0.05) is 54.6 Å². The lowest BCUT2D eigenvalue weighted by Crippen LogP contribution is -2.33. The lowest BCUT2D eigenvalue weighted by molar-refractivity contribution is -0.123. The summed E-state index contributed by atoms with van der Waals surface area (Å²) in [6.07, 6.45) is 5.03. The van der Waals surface area contributed by atoms with Crippen LogP contribution in [0.2, 0.25) is 0 Å². The van der Waals surface area contributed by atoms with E-state index in [0.29, 0.717) is 17.0 Å². The number of carbonyl (C=O) groups excluding carboxylic acids is 3. The molecule has 1 saturated carbocycles. The number of allylic oxidation sites excluding steroid dienone is 2. The molecule has 5 heteroatoms. The summed E-state index contributed by atoms with van der Waals surface area (Å²) in [5.74, 6) is -0.312. The van der Waals surface area contributed by atoms with Crippen LogP contribution in [0.3, 0.4) is 0 Å². The molecular weight excluding hydrogens is 354 g/mol. The van der Waals surface area contributed by atoms with E-state index in [0.717, 1.165) is 6.42 Å². The van der Waals surface area contributed by atoms with Gasteiger partial charge in [-0.05, 0) is 30.4 Å². The molecule has 0 unspecified atom stereocenters. The van der Waals surface area contributed by atoms with Gasteiger partial charge < -0.3 is 4.74 Å². The largest absolute Gasteiger partial charge is 0.483 e. The van der Waals surface area contributed by atoms with Gasteiger partial charge in [-0.15, -0.1) is 0 Å². The molecule has 1 aliphatic heterocycles. The van der Waals surface area contributed by atoms with Crippen LogP contribution in [0, 0.1) is 23.7 Å². The van der Waals surface area contributed by atoms with Crippen molar-refractivity contribution in [1.29, 1.82) is 0 Å². The van der Waals surface area contributed by atoms with Gasteiger partial charge in [0.2, 0.25) is 11.8 Å². The number of para-hydroxylation sites is 2. The average Bonchev–Trinajstić information content (AvgIpc) is 3.41. The van der Waals surface area contributed by atoms with E-state index in [9.17, 15) is 14.4 Å². The Kier molecular flexibility index (Phi) is 3.90. The first-order valence-electron chi connectivity index (χ1n) is 9.51. The number of nitrogens with zero attached hydrogens (tertiary/aromatic N) is 1. The van der Waals surface area contributed by atoms with Crippen LogP contribution in [0.4, 0.5) is 5.69 Å². The van der Waals surface area contributed by atoms with Gasteiger partial charge in [-0.2, -0.15) is 0 Å². The highest BCUT2D eigenvalue weighted by molar-refractivity contribution is 6.23. The van der Waals surface area contributed by atoms with Crippen molar-refractivity contribution in [2.75, 3.05) is 11.5 Å². The highest BCUT2D eigenvalue weighted by Crippen LogP contribution is 2.53. The molecule has 2 aromatic rings. The van der Waals surface area contributed by atoms with Crippen molar-refractivity contribution in [2.45, 2.75) is 6.42 Å². The molecule has 0 N–H and O–H groups in total. The lowest BCUT2D eigenvalue weighted by Gasteiger charge is -2.20. The molecule has 3 aliphatic rings. The van der Waals surface area contributed by atoms with Gasteiger partial charge >= 0.3 is 0 Å². The van der Waals surface area contributed by atoms with E-state index in [1.807, 2.05) is 6.07 Å². The average molecular weight is 373 g/mol. The molecule has 5 nitrogen and oxygen atoms in total. The van der Waals surface area contributed by atoms with E-state index < -0.39 is 0 Å². The maximum atomic E-state index is 13.0. The highest BCUT2D eigenvalue weighted by atomic mass is 16.5. The second-order valence-electron chi connectivity index (χ2n) is 7.56. The number of fused-ring (bicyclic) bond motifs is 5. The third kappa shape index (κ3) is 2.50. The zero-order valence-electron chi connectivity index (χ0n) is 15.2. The minimum Gasteiger partial charge on any atom is -0.483 e. The van der Waals surface area contributed by atoms with Crippen molar-refractivity contribution in [2.24, 2.45) is 23.7 Å². The van der Waals surface area contributed by atoms with Gasteiger partial charge in [0.1, 0.15) is 5.75 Å². The Labute approximate surface area is 162 Å². The Morgan fingerprint density at radius 2 is 1.50 bits per heavy atom. The van der Waals surface area contributed by atoms with Crippen molar-refractivity contribution in [3.8, 4) is 5.75 Å². The minimum atomic E-state index is -0.262.